The lowest BCUT2D eigenvalue weighted by molar-refractivity contribution is 0.249. The Bertz CT molecular complexity index is 594. The van der Waals surface area contributed by atoms with E-state index in [0.717, 1.165) is 27.0 Å². The maximum absolute atomic E-state index is 5.77. The number of para-hydroxylation sites is 1. The van der Waals surface area contributed by atoms with E-state index in [-0.39, 0.29) is 0 Å². The van der Waals surface area contributed by atoms with Crippen molar-refractivity contribution < 1.29 is 4.74 Å². The van der Waals surface area contributed by atoms with Crippen molar-refractivity contribution in [2.75, 3.05) is 13.7 Å². The largest absolute Gasteiger partial charge is 0.493 e. The Morgan fingerprint density at radius 1 is 1.35 bits per heavy atom. The van der Waals surface area contributed by atoms with Crippen LogP contribution in [0.4, 0.5) is 0 Å². The van der Waals surface area contributed by atoms with Crippen molar-refractivity contribution in [3.05, 3.63) is 49.0 Å². The third-order valence-electron chi connectivity index (χ3n) is 3.69. The molecule has 1 aliphatic rings. The highest BCUT2D eigenvalue weighted by Gasteiger charge is 2.30. The molecule has 2 nitrogen and oxygen atoms in total. The van der Waals surface area contributed by atoms with Crippen molar-refractivity contribution >= 4 is 43.2 Å². The fraction of sp³-hybridized carbons (Fsp3) is 0.333. The Morgan fingerprint density at radius 2 is 2.15 bits per heavy atom. The molecule has 0 spiro atoms. The van der Waals surface area contributed by atoms with Crippen molar-refractivity contribution in [1.82, 2.24) is 5.32 Å². The van der Waals surface area contributed by atoms with E-state index in [2.05, 4.69) is 61.4 Å². The van der Waals surface area contributed by atoms with Gasteiger partial charge in [0.15, 0.2) is 0 Å². The van der Waals surface area contributed by atoms with Crippen LogP contribution in [0.2, 0.25) is 0 Å². The van der Waals surface area contributed by atoms with Crippen LogP contribution in [0, 0.1) is 0 Å². The number of likely N-dealkylation sites (N-methyl/N-ethyl adjacent to an activating group) is 1. The first-order valence-electron chi connectivity index (χ1n) is 6.54. The van der Waals surface area contributed by atoms with Crippen molar-refractivity contribution in [2.45, 2.75) is 18.4 Å². The van der Waals surface area contributed by atoms with Gasteiger partial charge >= 0.3 is 0 Å². The van der Waals surface area contributed by atoms with Gasteiger partial charge in [0.2, 0.25) is 0 Å². The van der Waals surface area contributed by atoms with Gasteiger partial charge in [0, 0.05) is 21.3 Å². The second-order valence-electron chi connectivity index (χ2n) is 4.82. The van der Waals surface area contributed by atoms with Gasteiger partial charge in [-0.15, -0.1) is 11.3 Å². The van der Waals surface area contributed by atoms with Crippen molar-refractivity contribution in [3.8, 4) is 5.75 Å². The Kier molecular flexibility index (Phi) is 4.50. The minimum atomic E-state index is 0.313. The fourth-order valence-electron chi connectivity index (χ4n) is 2.77. The lowest BCUT2D eigenvalue weighted by Crippen LogP contribution is -2.27. The summed E-state index contributed by atoms with van der Waals surface area (Å²) in [4.78, 5) is 1.34. The summed E-state index contributed by atoms with van der Waals surface area (Å²) < 4.78 is 8.04. The molecule has 0 radical (unpaired) electrons. The molecule has 20 heavy (non-hydrogen) atoms. The van der Waals surface area contributed by atoms with Crippen molar-refractivity contribution in [1.29, 1.82) is 0 Å². The highest BCUT2D eigenvalue weighted by atomic mass is 79.9. The van der Waals surface area contributed by atoms with E-state index in [4.69, 9.17) is 4.74 Å². The first-order chi connectivity index (χ1) is 9.70. The van der Waals surface area contributed by atoms with Crippen LogP contribution in [-0.4, -0.2) is 13.7 Å². The summed E-state index contributed by atoms with van der Waals surface area (Å²) in [6.07, 6.45) is 1.04. The summed E-state index contributed by atoms with van der Waals surface area (Å²) in [6.45, 7) is 0.785. The smallest absolute Gasteiger partial charge is 0.122 e. The topological polar surface area (TPSA) is 21.3 Å². The minimum Gasteiger partial charge on any atom is -0.493 e. The lowest BCUT2D eigenvalue weighted by atomic mass is 9.86. The van der Waals surface area contributed by atoms with E-state index in [0.29, 0.717) is 12.0 Å². The maximum atomic E-state index is 5.77. The van der Waals surface area contributed by atoms with E-state index < -0.39 is 0 Å². The average Bonchev–Trinajstić information content (AvgIpc) is 2.79. The molecular weight excluding hydrogens is 402 g/mol. The number of rotatable bonds is 3. The van der Waals surface area contributed by atoms with Crippen LogP contribution < -0.4 is 10.1 Å². The number of benzene rings is 1. The Balaban J connectivity index is 1.98. The molecule has 0 aliphatic carbocycles. The predicted molar refractivity (Wildman–Crippen MR) is 90.8 cm³/mol. The van der Waals surface area contributed by atoms with Crippen LogP contribution in [-0.2, 0) is 0 Å². The van der Waals surface area contributed by atoms with Crippen LogP contribution in [0.15, 0.2) is 38.6 Å². The number of hydrogen-bond donors (Lipinski definition) is 1. The van der Waals surface area contributed by atoms with Crippen LogP contribution in [0.5, 0.6) is 5.75 Å². The zero-order valence-corrected chi connectivity index (χ0v) is 15.0. The molecule has 2 unspecified atom stereocenters. The first kappa shape index (κ1) is 14.6. The van der Waals surface area contributed by atoms with Gasteiger partial charge in [-0.25, -0.2) is 0 Å². The average molecular weight is 417 g/mol. The molecule has 0 bridgehead atoms. The highest BCUT2D eigenvalue weighted by molar-refractivity contribution is 9.13. The van der Waals surface area contributed by atoms with Crippen LogP contribution >= 0.6 is 43.2 Å². The number of fused-ring (bicyclic) bond motifs is 1. The van der Waals surface area contributed by atoms with Gasteiger partial charge in [-0.05, 0) is 63.0 Å². The number of ether oxygens (including phenoxy) is 1. The molecule has 106 valence electrons. The third kappa shape index (κ3) is 2.69. The van der Waals surface area contributed by atoms with Gasteiger partial charge in [-0.1, -0.05) is 18.2 Å². The minimum absolute atomic E-state index is 0.313. The zero-order chi connectivity index (χ0) is 14.1. The molecule has 2 atom stereocenters. The maximum Gasteiger partial charge on any atom is 0.122 e. The van der Waals surface area contributed by atoms with Gasteiger partial charge in [0.05, 0.1) is 10.4 Å². The number of hydrogen-bond acceptors (Lipinski definition) is 3. The van der Waals surface area contributed by atoms with Gasteiger partial charge < -0.3 is 10.1 Å². The molecule has 0 fully saturated rings. The van der Waals surface area contributed by atoms with Crippen molar-refractivity contribution in [2.24, 2.45) is 0 Å². The van der Waals surface area contributed by atoms with Crippen molar-refractivity contribution in [3.63, 3.8) is 0 Å². The quantitative estimate of drug-likeness (QED) is 0.751. The molecule has 0 amide bonds. The van der Waals surface area contributed by atoms with E-state index >= 15 is 0 Å². The van der Waals surface area contributed by atoms with E-state index in [9.17, 15) is 0 Å². The number of nitrogens with one attached hydrogen (secondary N) is 1. The molecule has 1 N–H and O–H groups in total. The van der Waals surface area contributed by atoms with Gasteiger partial charge in [-0.3, -0.25) is 0 Å². The second kappa shape index (κ2) is 6.18. The number of thiophene rings is 1. The standard InChI is InChI=1S/C15H15Br2NOS/c1-18-14(13-8-11(16)15(17)20-13)10-6-7-19-12-5-3-2-4-9(10)12/h2-5,8,10,14,18H,6-7H2,1H3. The van der Waals surface area contributed by atoms with Gasteiger partial charge in [0.25, 0.3) is 0 Å². The molecule has 2 heterocycles. The summed E-state index contributed by atoms with van der Waals surface area (Å²) in [7, 11) is 2.03. The van der Waals surface area contributed by atoms with Gasteiger partial charge in [-0.2, -0.15) is 0 Å². The molecule has 5 heteroatoms. The Hall–Kier alpha value is -0.360. The van der Waals surface area contributed by atoms with Crippen LogP contribution in [0.3, 0.4) is 0 Å². The summed E-state index contributed by atoms with van der Waals surface area (Å²) in [5.41, 5.74) is 1.30. The zero-order valence-electron chi connectivity index (χ0n) is 11.0. The van der Waals surface area contributed by atoms with Crippen LogP contribution in [0.25, 0.3) is 0 Å². The SMILES string of the molecule is CNC(c1cc(Br)c(Br)s1)C1CCOc2ccccc21. The number of halogens is 2. The first-order valence-corrected chi connectivity index (χ1v) is 8.94. The Morgan fingerprint density at radius 3 is 2.85 bits per heavy atom. The summed E-state index contributed by atoms with van der Waals surface area (Å²) in [5, 5.41) is 3.48. The van der Waals surface area contributed by atoms with E-state index in [1.54, 1.807) is 11.3 Å². The molecule has 3 rings (SSSR count). The molecule has 1 aliphatic heterocycles. The summed E-state index contributed by atoms with van der Waals surface area (Å²) in [5.74, 6) is 1.47. The lowest BCUT2D eigenvalue weighted by Gasteiger charge is -2.31. The Labute approximate surface area is 139 Å². The second-order valence-corrected chi connectivity index (χ2v) is 8.07. The normalized spacial score (nSPS) is 19.2. The molecule has 1 aromatic carbocycles. The summed E-state index contributed by atoms with van der Waals surface area (Å²) in [6, 6.07) is 10.9. The summed E-state index contributed by atoms with van der Waals surface area (Å²) >= 11 is 8.95. The van der Waals surface area contributed by atoms with E-state index in [1.165, 1.54) is 10.4 Å². The third-order valence-corrected chi connectivity index (χ3v) is 7.03. The predicted octanol–water partition coefficient (Wildman–Crippen LogP) is 5.10. The molecular formula is C15H15Br2NOS. The highest BCUT2D eigenvalue weighted by Crippen LogP contribution is 2.45. The molecule has 0 saturated carbocycles. The van der Waals surface area contributed by atoms with E-state index in [1.807, 2.05) is 13.1 Å². The monoisotopic (exact) mass is 415 g/mol. The fourth-order valence-corrected chi connectivity index (χ4v) is 5.04. The molecule has 2 aromatic rings. The molecule has 0 saturated heterocycles. The molecule has 1 aromatic heterocycles. The van der Waals surface area contributed by atoms with Gasteiger partial charge in [0.1, 0.15) is 5.75 Å². The van der Waals surface area contributed by atoms with Crippen LogP contribution in [0.1, 0.15) is 28.8 Å².